The van der Waals surface area contributed by atoms with Crippen LogP contribution in [-0.4, -0.2) is 38.2 Å². The van der Waals surface area contributed by atoms with Gasteiger partial charge in [0.05, 0.1) is 12.7 Å². The molecular formula is C16H30O4Si. The van der Waals surface area contributed by atoms with Crippen LogP contribution in [0.5, 0.6) is 0 Å². The molecule has 0 aromatic heterocycles. The smallest absolute Gasteiger partial charge is 0.330 e. The molecule has 2 atom stereocenters. The number of ether oxygens (including phenoxy) is 1. The third-order valence-corrected chi connectivity index (χ3v) is 8.15. The Bertz CT molecular complexity index is 380. The van der Waals surface area contributed by atoms with Crippen LogP contribution >= 0.6 is 0 Å². The molecule has 4 nitrogen and oxygen atoms in total. The summed E-state index contributed by atoms with van der Waals surface area (Å²) < 4.78 is 11.0. The second-order valence-electron chi connectivity index (χ2n) is 6.47. The van der Waals surface area contributed by atoms with Crippen molar-refractivity contribution in [1.82, 2.24) is 0 Å². The van der Waals surface area contributed by atoms with Crippen LogP contribution in [0, 0.1) is 0 Å². The molecule has 0 rings (SSSR count). The zero-order valence-corrected chi connectivity index (χ0v) is 15.3. The number of hydrogen-bond donors (Lipinski definition) is 1. The van der Waals surface area contributed by atoms with Crippen molar-refractivity contribution < 1.29 is 19.1 Å². The Labute approximate surface area is 130 Å². The number of aliphatic hydroxyl groups is 1. The monoisotopic (exact) mass is 314 g/mol. The largest absolute Gasteiger partial charge is 0.463 e. The molecule has 0 fully saturated rings. The summed E-state index contributed by atoms with van der Waals surface area (Å²) in [5.41, 5.74) is 0. The summed E-state index contributed by atoms with van der Waals surface area (Å²) in [6.45, 7) is 14.6. The summed E-state index contributed by atoms with van der Waals surface area (Å²) >= 11 is 0. The SMILES string of the molecule is C/C=C\C(O[Si](C)(C)C(C)(C)C)C(O)/C=C/C(=O)OCC. The van der Waals surface area contributed by atoms with E-state index in [1.807, 2.05) is 19.1 Å². The van der Waals surface area contributed by atoms with Crippen LogP contribution in [0.3, 0.4) is 0 Å². The lowest BCUT2D eigenvalue weighted by molar-refractivity contribution is -0.137. The average Bonchev–Trinajstić information content (AvgIpc) is 2.34. The van der Waals surface area contributed by atoms with E-state index in [-0.39, 0.29) is 5.04 Å². The van der Waals surface area contributed by atoms with Gasteiger partial charge in [-0.2, -0.15) is 0 Å². The van der Waals surface area contributed by atoms with Crippen molar-refractivity contribution in [3.05, 3.63) is 24.3 Å². The first-order valence-electron chi connectivity index (χ1n) is 7.38. The van der Waals surface area contributed by atoms with E-state index in [1.165, 1.54) is 12.2 Å². The fourth-order valence-electron chi connectivity index (χ4n) is 1.41. The first-order chi connectivity index (χ1) is 9.55. The van der Waals surface area contributed by atoms with Crippen LogP contribution < -0.4 is 0 Å². The highest BCUT2D eigenvalue weighted by molar-refractivity contribution is 6.74. The number of hydrogen-bond acceptors (Lipinski definition) is 4. The Morgan fingerprint density at radius 1 is 1.29 bits per heavy atom. The van der Waals surface area contributed by atoms with Gasteiger partial charge in [-0.25, -0.2) is 4.79 Å². The van der Waals surface area contributed by atoms with E-state index in [1.54, 1.807) is 6.92 Å². The first-order valence-corrected chi connectivity index (χ1v) is 10.3. The molecule has 0 bridgehead atoms. The van der Waals surface area contributed by atoms with E-state index in [4.69, 9.17) is 9.16 Å². The topological polar surface area (TPSA) is 55.8 Å². The number of esters is 1. The van der Waals surface area contributed by atoms with Crippen LogP contribution in [0.1, 0.15) is 34.6 Å². The molecule has 1 N–H and O–H groups in total. The van der Waals surface area contributed by atoms with Gasteiger partial charge in [0.25, 0.3) is 0 Å². The van der Waals surface area contributed by atoms with Gasteiger partial charge in [0.1, 0.15) is 6.10 Å². The van der Waals surface area contributed by atoms with E-state index in [0.717, 1.165) is 0 Å². The van der Waals surface area contributed by atoms with E-state index in [9.17, 15) is 9.90 Å². The molecule has 0 aliphatic carbocycles. The highest BCUT2D eigenvalue weighted by atomic mass is 28.4. The van der Waals surface area contributed by atoms with Crippen molar-refractivity contribution in [3.8, 4) is 0 Å². The fourth-order valence-corrected chi connectivity index (χ4v) is 2.66. The van der Waals surface area contributed by atoms with Crippen molar-refractivity contribution in [3.63, 3.8) is 0 Å². The summed E-state index contributed by atoms with van der Waals surface area (Å²) in [4.78, 5) is 11.3. The van der Waals surface area contributed by atoms with Crippen molar-refractivity contribution in [1.29, 1.82) is 0 Å². The van der Waals surface area contributed by atoms with Gasteiger partial charge in [-0.3, -0.25) is 0 Å². The summed E-state index contributed by atoms with van der Waals surface area (Å²) in [5.74, 6) is -0.455. The molecule has 0 aliphatic rings. The highest BCUT2D eigenvalue weighted by Gasteiger charge is 2.39. The molecule has 0 amide bonds. The van der Waals surface area contributed by atoms with E-state index in [2.05, 4.69) is 33.9 Å². The second-order valence-corrected chi connectivity index (χ2v) is 11.2. The lowest BCUT2D eigenvalue weighted by Gasteiger charge is -2.39. The number of aliphatic hydroxyl groups excluding tert-OH is 1. The lowest BCUT2D eigenvalue weighted by Crippen LogP contribution is -2.46. The highest BCUT2D eigenvalue weighted by Crippen LogP contribution is 2.37. The molecule has 21 heavy (non-hydrogen) atoms. The van der Waals surface area contributed by atoms with Gasteiger partial charge >= 0.3 is 5.97 Å². The molecule has 0 saturated carbocycles. The second kappa shape index (κ2) is 8.51. The van der Waals surface area contributed by atoms with Gasteiger partial charge in [-0.1, -0.05) is 32.9 Å². The summed E-state index contributed by atoms with van der Waals surface area (Å²) in [6.07, 6.45) is 5.01. The van der Waals surface area contributed by atoms with Crippen LogP contribution in [0.25, 0.3) is 0 Å². The molecule has 0 heterocycles. The quantitative estimate of drug-likeness (QED) is 0.338. The fraction of sp³-hybridized carbons (Fsp3) is 0.688. The van der Waals surface area contributed by atoms with Gasteiger partial charge in [0, 0.05) is 6.08 Å². The number of rotatable bonds is 7. The van der Waals surface area contributed by atoms with E-state index < -0.39 is 26.5 Å². The first kappa shape index (κ1) is 20.1. The third kappa shape index (κ3) is 7.06. The minimum Gasteiger partial charge on any atom is -0.463 e. The van der Waals surface area contributed by atoms with Crippen LogP contribution in [-0.2, 0) is 14.0 Å². The summed E-state index contributed by atoms with van der Waals surface area (Å²) in [7, 11) is -2.00. The lowest BCUT2D eigenvalue weighted by atomic mass is 10.2. The molecule has 0 radical (unpaired) electrons. The Kier molecular flexibility index (Phi) is 8.14. The minimum atomic E-state index is -2.00. The zero-order valence-electron chi connectivity index (χ0n) is 14.3. The normalized spacial score (nSPS) is 16.4. The van der Waals surface area contributed by atoms with Gasteiger partial charge in [0.2, 0.25) is 0 Å². The molecule has 122 valence electrons. The van der Waals surface area contributed by atoms with Gasteiger partial charge in [0.15, 0.2) is 8.32 Å². The summed E-state index contributed by atoms with van der Waals surface area (Å²) in [6, 6.07) is 0. The van der Waals surface area contributed by atoms with Gasteiger partial charge in [-0.15, -0.1) is 0 Å². The molecule has 5 heteroatoms. The molecule has 0 aromatic rings. The maximum Gasteiger partial charge on any atom is 0.330 e. The van der Waals surface area contributed by atoms with Crippen LogP contribution in [0.4, 0.5) is 0 Å². The summed E-state index contributed by atoms with van der Waals surface area (Å²) in [5, 5.41) is 10.3. The maximum atomic E-state index is 11.3. The average molecular weight is 314 g/mol. The third-order valence-electron chi connectivity index (χ3n) is 3.67. The van der Waals surface area contributed by atoms with Crippen molar-refractivity contribution in [2.75, 3.05) is 6.61 Å². The van der Waals surface area contributed by atoms with Crippen molar-refractivity contribution >= 4 is 14.3 Å². The van der Waals surface area contributed by atoms with Crippen LogP contribution in [0.15, 0.2) is 24.3 Å². The molecular weight excluding hydrogens is 284 g/mol. The predicted molar refractivity (Wildman–Crippen MR) is 88.7 cm³/mol. The number of allylic oxidation sites excluding steroid dienone is 1. The maximum absolute atomic E-state index is 11.3. The molecule has 0 spiro atoms. The molecule has 2 unspecified atom stereocenters. The van der Waals surface area contributed by atoms with E-state index in [0.29, 0.717) is 6.61 Å². The van der Waals surface area contributed by atoms with Gasteiger partial charge < -0.3 is 14.3 Å². The zero-order chi connectivity index (χ0) is 16.7. The molecule has 0 aromatic carbocycles. The minimum absolute atomic E-state index is 0.0530. The predicted octanol–water partition coefficient (Wildman–Crippen LogP) is 3.43. The number of carbonyl (C=O) groups is 1. The van der Waals surface area contributed by atoms with Crippen molar-refractivity contribution in [2.24, 2.45) is 0 Å². The van der Waals surface area contributed by atoms with Crippen LogP contribution in [0.2, 0.25) is 18.1 Å². The Hall–Kier alpha value is -0.913. The molecule has 0 saturated heterocycles. The van der Waals surface area contributed by atoms with Crippen molar-refractivity contribution in [2.45, 2.75) is 65.0 Å². The Balaban J connectivity index is 4.95. The van der Waals surface area contributed by atoms with E-state index >= 15 is 0 Å². The number of carbonyl (C=O) groups excluding carboxylic acids is 1. The van der Waals surface area contributed by atoms with Gasteiger partial charge in [-0.05, 0) is 38.1 Å². The standard InChI is InChI=1S/C16H30O4Si/c1-8-10-14(20-21(6,7)16(3,4)5)13(17)11-12-15(18)19-9-2/h8,10-14,17H,9H2,1-7H3/b10-8-,12-11+. The molecule has 0 aliphatic heterocycles. The Morgan fingerprint density at radius 3 is 2.29 bits per heavy atom. The Morgan fingerprint density at radius 2 is 1.86 bits per heavy atom.